The second-order valence-corrected chi connectivity index (χ2v) is 11.1. The molecule has 0 aromatic carbocycles. The van der Waals surface area contributed by atoms with Crippen LogP contribution in [0.1, 0.15) is 93.9 Å². The summed E-state index contributed by atoms with van der Waals surface area (Å²) in [4.78, 5) is 0. The molecule has 0 N–H and O–H groups in total. The van der Waals surface area contributed by atoms with Gasteiger partial charge in [-0.05, 0) is 85.3 Å². The van der Waals surface area contributed by atoms with Crippen molar-refractivity contribution >= 4 is 0 Å². The second-order valence-electron chi connectivity index (χ2n) is 11.1. The molecule has 0 fully saturated rings. The minimum atomic E-state index is -0.278. The van der Waals surface area contributed by atoms with Crippen LogP contribution >= 0.6 is 0 Å². The fourth-order valence-electron chi connectivity index (χ4n) is 3.71. The monoisotopic (exact) mass is 456 g/mol. The maximum Gasteiger partial charge on any atom is 0.125 e. The van der Waals surface area contributed by atoms with E-state index in [0.717, 1.165) is 41.7 Å². The van der Waals surface area contributed by atoms with Gasteiger partial charge in [-0.3, -0.25) is 0 Å². The fraction of sp³-hybridized carbons (Fsp3) is 0.625. The third-order valence-corrected chi connectivity index (χ3v) is 7.39. The highest BCUT2D eigenvalue weighted by molar-refractivity contribution is 5.30. The van der Waals surface area contributed by atoms with Crippen LogP contribution in [0.15, 0.2) is 72.7 Å². The second kappa shape index (κ2) is 16.1. The van der Waals surface area contributed by atoms with Crippen LogP contribution in [0.2, 0.25) is 0 Å². The summed E-state index contributed by atoms with van der Waals surface area (Å²) in [7, 11) is 0. The van der Waals surface area contributed by atoms with E-state index in [4.69, 9.17) is 0 Å². The normalized spacial score (nSPS) is 17.0. The van der Waals surface area contributed by atoms with Gasteiger partial charge in [0.25, 0.3) is 0 Å². The molecular weight excluding hydrogens is 403 g/mol. The molecule has 5 atom stereocenters. The predicted octanol–water partition coefficient (Wildman–Crippen LogP) is 10.8. The molecule has 0 aromatic rings. The molecule has 33 heavy (non-hydrogen) atoms. The molecule has 0 spiro atoms. The van der Waals surface area contributed by atoms with E-state index in [1.54, 1.807) is 6.92 Å². The molecule has 0 saturated heterocycles. The first kappa shape index (κ1) is 31.4. The number of allylic oxidation sites excluding steroid dienone is 8. The Bertz CT molecular complexity index is 702. The molecule has 0 nitrogen and oxygen atoms in total. The lowest BCUT2D eigenvalue weighted by Crippen LogP contribution is -2.11. The van der Waals surface area contributed by atoms with E-state index in [-0.39, 0.29) is 11.7 Å². The van der Waals surface area contributed by atoms with E-state index in [9.17, 15) is 4.39 Å². The van der Waals surface area contributed by atoms with Crippen molar-refractivity contribution in [3.63, 3.8) is 0 Å². The molecule has 0 saturated carbocycles. The molecule has 0 aliphatic carbocycles. The maximum absolute atomic E-state index is 13.8. The summed E-state index contributed by atoms with van der Waals surface area (Å²) in [5.41, 5.74) is 3.58. The summed E-state index contributed by atoms with van der Waals surface area (Å²) in [5, 5.41) is 0. The van der Waals surface area contributed by atoms with Gasteiger partial charge in [0.15, 0.2) is 0 Å². The van der Waals surface area contributed by atoms with Crippen molar-refractivity contribution < 1.29 is 4.39 Å². The minimum absolute atomic E-state index is 0.231. The smallest absolute Gasteiger partial charge is 0.125 e. The highest BCUT2D eigenvalue weighted by atomic mass is 19.1. The molecule has 0 amide bonds. The topological polar surface area (TPSA) is 0 Å². The summed E-state index contributed by atoms with van der Waals surface area (Å²) >= 11 is 0. The molecule has 188 valence electrons. The molecule has 0 bridgehead atoms. The van der Waals surface area contributed by atoms with Gasteiger partial charge in [-0.15, -0.1) is 0 Å². The van der Waals surface area contributed by atoms with Crippen molar-refractivity contribution in [2.45, 2.75) is 93.9 Å². The average molecular weight is 457 g/mol. The van der Waals surface area contributed by atoms with Gasteiger partial charge >= 0.3 is 0 Å². The lowest BCUT2D eigenvalue weighted by Gasteiger charge is -2.22. The first-order chi connectivity index (χ1) is 15.3. The lowest BCUT2D eigenvalue weighted by molar-refractivity contribution is 0.306. The molecule has 0 aliphatic rings. The van der Waals surface area contributed by atoms with Crippen LogP contribution < -0.4 is 0 Å². The molecule has 0 radical (unpaired) electrons. The van der Waals surface area contributed by atoms with Crippen LogP contribution in [0.5, 0.6) is 0 Å². The van der Waals surface area contributed by atoms with Crippen LogP contribution in [-0.4, -0.2) is 0 Å². The molecule has 1 heteroatoms. The fourth-order valence-corrected chi connectivity index (χ4v) is 3.71. The van der Waals surface area contributed by atoms with E-state index >= 15 is 0 Å². The molecular formula is C32H53F. The van der Waals surface area contributed by atoms with E-state index in [1.165, 1.54) is 37.3 Å². The standard InChI is InChI=1S/C32H53F/c1-22(2)13-14-24(5)25(6)15-16-26(7)27(8)17-18-28(9)29(10)19-20-30(11)31(12)21-32(33)23(3)4/h17-18,21-22,24-26,29-30H,3,8-9,12-16,19-20H2,1-2,4-7,10-11H3/b18-17-,32-21+. The van der Waals surface area contributed by atoms with Crippen molar-refractivity contribution in [3.8, 4) is 0 Å². The minimum Gasteiger partial charge on any atom is -0.207 e. The van der Waals surface area contributed by atoms with E-state index in [2.05, 4.69) is 86.9 Å². The number of hydrogen-bond donors (Lipinski definition) is 0. The number of hydrogen-bond acceptors (Lipinski definition) is 0. The van der Waals surface area contributed by atoms with Crippen LogP contribution in [-0.2, 0) is 0 Å². The van der Waals surface area contributed by atoms with Gasteiger partial charge in [0.2, 0.25) is 0 Å². The van der Waals surface area contributed by atoms with Gasteiger partial charge in [0.05, 0.1) is 0 Å². The van der Waals surface area contributed by atoms with Crippen molar-refractivity contribution in [2.24, 2.45) is 35.5 Å². The summed E-state index contributed by atoms with van der Waals surface area (Å²) < 4.78 is 13.8. The Morgan fingerprint density at radius 3 is 1.36 bits per heavy atom. The zero-order valence-electron chi connectivity index (χ0n) is 23.1. The van der Waals surface area contributed by atoms with Gasteiger partial charge in [0, 0.05) is 0 Å². The predicted molar refractivity (Wildman–Crippen MR) is 149 cm³/mol. The summed E-state index contributed by atoms with van der Waals surface area (Å²) in [6.45, 7) is 34.0. The Hall–Kier alpha value is -1.63. The molecule has 5 unspecified atom stereocenters. The molecule has 0 rings (SSSR count). The Labute approximate surface area is 206 Å². The lowest BCUT2D eigenvalue weighted by atomic mass is 9.83. The zero-order valence-corrected chi connectivity index (χ0v) is 23.1. The first-order valence-electron chi connectivity index (χ1n) is 13.0. The van der Waals surface area contributed by atoms with Crippen LogP contribution in [0.4, 0.5) is 4.39 Å². The Balaban J connectivity index is 4.51. The highest BCUT2D eigenvalue weighted by Crippen LogP contribution is 2.28. The van der Waals surface area contributed by atoms with Crippen molar-refractivity contribution in [3.05, 3.63) is 72.7 Å². The zero-order chi connectivity index (χ0) is 25.7. The molecule has 0 heterocycles. The third kappa shape index (κ3) is 13.6. The quantitative estimate of drug-likeness (QED) is 0.191. The molecule has 0 aliphatic heterocycles. The summed E-state index contributed by atoms with van der Waals surface area (Å²) in [6.07, 6.45) is 12.9. The largest absolute Gasteiger partial charge is 0.207 e. The van der Waals surface area contributed by atoms with Gasteiger partial charge in [-0.1, -0.05) is 111 Å². The highest BCUT2D eigenvalue weighted by Gasteiger charge is 2.15. The van der Waals surface area contributed by atoms with Gasteiger partial charge in [-0.25, -0.2) is 4.39 Å². The summed E-state index contributed by atoms with van der Waals surface area (Å²) in [6, 6.07) is 0. The van der Waals surface area contributed by atoms with Gasteiger partial charge in [-0.2, -0.15) is 0 Å². The Morgan fingerprint density at radius 1 is 0.606 bits per heavy atom. The van der Waals surface area contributed by atoms with Gasteiger partial charge < -0.3 is 0 Å². The van der Waals surface area contributed by atoms with Crippen molar-refractivity contribution in [2.75, 3.05) is 0 Å². The van der Waals surface area contributed by atoms with E-state index < -0.39 is 0 Å². The summed E-state index contributed by atoms with van der Waals surface area (Å²) in [5.74, 6) is 3.15. The van der Waals surface area contributed by atoms with Crippen LogP contribution in [0.25, 0.3) is 0 Å². The number of rotatable bonds is 17. The average Bonchev–Trinajstić information content (AvgIpc) is 2.76. The van der Waals surface area contributed by atoms with Crippen LogP contribution in [0, 0.1) is 35.5 Å². The Kier molecular flexibility index (Phi) is 15.3. The van der Waals surface area contributed by atoms with Crippen molar-refractivity contribution in [1.29, 1.82) is 0 Å². The van der Waals surface area contributed by atoms with E-state index in [0.29, 0.717) is 17.4 Å². The van der Waals surface area contributed by atoms with Crippen molar-refractivity contribution in [1.82, 2.24) is 0 Å². The van der Waals surface area contributed by atoms with Gasteiger partial charge in [0.1, 0.15) is 5.83 Å². The van der Waals surface area contributed by atoms with E-state index in [1.807, 2.05) is 0 Å². The third-order valence-electron chi connectivity index (χ3n) is 7.39. The SMILES string of the molecule is C=C(C)/C(F)=C\C(=C)C(C)CCC(C)C(=C)/C=C\C(=C)C(C)CCC(C)C(C)CCC(C)C. The van der Waals surface area contributed by atoms with Crippen LogP contribution in [0.3, 0.4) is 0 Å². The first-order valence-corrected chi connectivity index (χ1v) is 13.0. The number of halogens is 1. The molecule has 0 aromatic heterocycles. The Morgan fingerprint density at radius 2 is 0.970 bits per heavy atom. The maximum atomic E-state index is 13.8.